The molecule has 1 aliphatic rings. The minimum Gasteiger partial charge on any atom is -0.486 e. The van der Waals surface area contributed by atoms with E-state index in [1.807, 2.05) is 0 Å². The fourth-order valence-electron chi connectivity index (χ4n) is 1.71. The summed E-state index contributed by atoms with van der Waals surface area (Å²) in [5, 5.41) is 0.224. The first-order valence-corrected chi connectivity index (χ1v) is 8.14. The zero-order valence-corrected chi connectivity index (χ0v) is 11.8. The molecule has 1 aromatic rings. The molecular formula is C11H12Cl2O4S. The quantitative estimate of drug-likeness (QED) is 0.806. The molecule has 1 unspecified atom stereocenters. The van der Waals surface area contributed by atoms with E-state index in [9.17, 15) is 8.42 Å². The van der Waals surface area contributed by atoms with Gasteiger partial charge in [0.25, 0.3) is 9.05 Å². The van der Waals surface area contributed by atoms with Crippen molar-refractivity contribution in [2.24, 2.45) is 0 Å². The molecule has 2 rings (SSSR count). The molecule has 1 heterocycles. The Morgan fingerprint density at radius 3 is 2.72 bits per heavy atom. The lowest BCUT2D eigenvalue weighted by Gasteiger charge is -2.23. The summed E-state index contributed by atoms with van der Waals surface area (Å²) in [6.07, 6.45) is 1.79. The van der Waals surface area contributed by atoms with E-state index >= 15 is 0 Å². The first-order valence-electron chi connectivity index (χ1n) is 5.45. The van der Waals surface area contributed by atoms with Gasteiger partial charge < -0.3 is 9.47 Å². The number of hydrogen-bond donors (Lipinski definition) is 0. The predicted molar refractivity (Wildman–Crippen MR) is 69.0 cm³/mol. The Bertz CT molecular complexity index is 524. The van der Waals surface area contributed by atoms with E-state index in [4.69, 9.17) is 31.8 Å². The first-order chi connectivity index (χ1) is 8.47. The number of rotatable bonds is 3. The molecule has 0 aliphatic carbocycles. The van der Waals surface area contributed by atoms with Gasteiger partial charge in [-0.25, -0.2) is 8.42 Å². The molecule has 0 aromatic heterocycles. The Morgan fingerprint density at radius 2 is 2.17 bits per heavy atom. The van der Waals surface area contributed by atoms with Gasteiger partial charge in [0, 0.05) is 17.3 Å². The molecule has 1 aliphatic heterocycles. The van der Waals surface area contributed by atoms with Crippen LogP contribution in [0.15, 0.2) is 23.1 Å². The summed E-state index contributed by atoms with van der Waals surface area (Å²) < 4.78 is 33.2. The van der Waals surface area contributed by atoms with Gasteiger partial charge in [-0.15, -0.1) is 0 Å². The lowest BCUT2D eigenvalue weighted by Crippen LogP contribution is -2.28. The maximum absolute atomic E-state index is 11.1. The summed E-state index contributed by atoms with van der Waals surface area (Å²) >= 11 is 5.97. The second kappa shape index (κ2) is 5.65. The molecule has 1 fully saturated rings. The zero-order chi connectivity index (χ0) is 13.2. The average molecular weight is 311 g/mol. The Balaban J connectivity index is 2.14. The zero-order valence-electron chi connectivity index (χ0n) is 9.43. The van der Waals surface area contributed by atoms with Crippen LogP contribution < -0.4 is 4.74 Å². The van der Waals surface area contributed by atoms with Crippen molar-refractivity contribution in [2.45, 2.75) is 23.8 Å². The molecule has 1 saturated heterocycles. The van der Waals surface area contributed by atoms with Crippen LogP contribution in [0.1, 0.15) is 12.8 Å². The van der Waals surface area contributed by atoms with Crippen LogP contribution in [-0.4, -0.2) is 27.7 Å². The molecule has 0 N–H and O–H groups in total. The van der Waals surface area contributed by atoms with E-state index < -0.39 is 9.05 Å². The number of ether oxygens (including phenoxy) is 2. The highest BCUT2D eigenvalue weighted by Gasteiger charge is 2.18. The van der Waals surface area contributed by atoms with Crippen molar-refractivity contribution in [3.8, 4) is 5.75 Å². The lowest BCUT2D eigenvalue weighted by atomic mass is 10.2. The summed E-state index contributed by atoms with van der Waals surface area (Å²) in [5.41, 5.74) is 0. The number of hydrogen-bond acceptors (Lipinski definition) is 4. The van der Waals surface area contributed by atoms with Gasteiger partial charge in [0.2, 0.25) is 0 Å². The van der Waals surface area contributed by atoms with E-state index in [0.717, 1.165) is 19.4 Å². The van der Waals surface area contributed by atoms with E-state index in [-0.39, 0.29) is 16.0 Å². The number of benzene rings is 1. The first kappa shape index (κ1) is 13.9. The van der Waals surface area contributed by atoms with Crippen molar-refractivity contribution in [1.29, 1.82) is 0 Å². The normalized spacial score (nSPS) is 20.7. The molecule has 0 radical (unpaired) electrons. The highest BCUT2D eigenvalue weighted by Crippen LogP contribution is 2.30. The van der Waals surface area contributed by atoms with Gasteiger partial charge in [0.05, 0.1) is 16.5 Å². The summed E-state index contributed by atoms with van der Waals surface area (Å²) in [4.78, 5) is -0.0404. The molecule has 1 aromatic carbocycles. The van der Waals surface area contributed by atoms with Crippen molar-refractivity contribution >= 4 is 31.3 Å². The van der Waals surface area contributed by atoms with Gasteiger partial charge in [-0.2, -0.15) is 0 Å². The molecular weight excluding hydrogens is 299 g/mol. The monoisotopic (exact) mass is 310 g/mol. The average Bonchev–Trinajstić information content (AvgIpc) is 2.32. The number of halogens is 2. The second-order valence-electron chi connectivity index (χ2n) is 3.99. The van der Waals surface area contributed by atoms with E-state index in [1.165, 1.54) is 18.2 Å². The SMILES string of the molecule is O=S(=O)(Cl)c1ccc(OC2CCCOC2)c(Cl)c1. The lowest BCUT2D eigenvalue weighted by molar-refractivity contribution is 0.00745. The van der Waals surface area contributed by atoms with Gasteiger partial charge in [-0.05, 0) is 31.0 Å². The maximum Gasteiger partial charge on any atom is 0.261 e. The van der Waals surface area contributed by atoms with E-state index in [2.05, 4.69) is 0 Å². The highest BCUT2D eigenvalue weighted by atomic mass is 35.7. The Morgan fingerprint density at radius 1 is 1.39 bits per heavy atom. The van der Waals surface area contributed by atoms with Gasteiger partial charge in [0.15, 0.2) is 0 Å². The molecule has 1 atom stereocenters. The molecule has 4 nitrogen and oxygen atoms in total. The maximum atomic E-state index is 11.1. The third-order valence-corrected chi connectivity index (χ3v) is 4.24. The van der Waals surface area contributed by atoms with Crippen molar-refractivity contribution in [1.82, 2.24) is 0 Å². The Kier molecular flexibility index (Phi) is 4.37. The van der Waals surface area contributed by atoms with Crippen LogP contribution in [0.4, 0.5) is 0 Å². The fourth-order valence-corrected chi connectivity index (χ4v) is 2.78. The van der Waals surface area contributed by atoms with Crippen molar-refractivity contribution in [3.63, 3.8) is 0 Å². The minimum absolute atomic E-state index is 0.0404. The predicted octanol–water partition coefficient (Wildman–Crippen LogP) is 2.83. The third kappa shape index (κ3) is 3.51. The van der Waals surface area contributed by atoms with Crippen molar-refractivity contribution in [3.05, 3.63) is 23.2 Å². The van der Waals surface area contributed by atoms with Gasteiger partial charge in [0.1, 0.15) is 11.9 Å². The van der Waals surface area contributed by atoms with Gasteiger partial charge in [-0.1, -0.05) is 11.6 Å². The second-order valence-corrected chi connectivity index (χ2v) is 6.96. The van der Waals surface area contributed by atoms with E-state index in [1.54, 1.807) is 0 Å². The van der Waals surface area contributed by atoms with Crippen molar-refractivity contribution < 1.29 is 17.9 Å². The smallest absolute Gasteiger partial charge is 0.261 e. The van der Waals surface area contributed by atoms with Crippen LogP contribution in [0.25, 0.3) is 0 Å². The Hall–Kier alpha value is -0.490. The molecule has 0 saturated carbocycles. The van der Waals surface area contributed by atoms with Crippen molar-refractivity contribution in [2.75, 3.05) is 13.2 Å². The third-order valence-electron chi connectivity index (χ3n) is 2.60. The fraction of sp³-hybridized carbons (Fsp3) is 0.455. The summed E-state index contributed by atoms with van der Waals surface area (Å²) in [5.74, 6) is 0.441. The molecule has 0 amide bonds. The molecule has 18 heavy (non-hydrogen) atoms. The van der Waals surface area contributed by atoms with Crippen LogP contribution in [0.3, 0.4) is 0 Å². The molecule has 100 valence electrons. The summed E-state index contributed by atoms with van der Waals surface area (Å²) in [6.45, 7) is 1.27. The molecule has 7 heteroatoms. The van der Waals surface area contributed by atoms with Gasteiger partial charge in [-0.3, -0.25) is 0 Å². The standard InChI is InChI=1S/C11H12Cl2O4S/c12-10-6-9(18(13,14)15)3-4-11(10)17-8-2-1-5-16-7-8/h3-4,6,8H,1-2,5,7H2. The van der Waals surface area contributed by atoms with Crippen LogP contribution in [0.2, 0.25) is 5.02 Å². The topological polar surface area (TPSA) is 52.6 Å². The van der Waals surface area contributed by atoms with Crippen LogP contribution in [0, 0.1) is 0 Å². The van der Waals surface area contributed by atoms with Crippen LogP contribution in [0.5, 0.6) is 5.75 Å². The van der Waals surface area contributed by atoms with Crippen LogP contribution >= 0.6 is 22.3 Å². The van der Waals surface area contributed by atoms with Gasteiger partial charge >= 0.3 is 0 Å². The minimum atomic E-state index is -3.77. The molecule has 0 spiro atoms. The largest absolute Gasteiger partial charge is 0.486 e. The summed E-state index contributed by atoms with van der Waals surface area (Å²) in [6, 6.07) is 4.16. The Labute approximate surface area is 115 Å². The van der Waals surface area contributed by atoms with Crippen LogP contribution in [-0.2, 0) is 13.8 Å². The van der Waals surface area contributed by atoms with E-state index in [0.29, 0.717) is 12.4 Å². The highest BCUT2D eigenvalue weighted by molar-refractivity contribution is 8.13. The molecule has 0 bridgehead atoms. The summed E-state index contributed by atoms with van der Waals surface area (Å²) in [7, 11) is 1.46.